The van der Waals surface area contributed by atoms with Crippen LogP contribution in [-0.4, -0.2) is 14.5 Å². The fraction of sp³-hybridized carbons (Fsp3) is 0.400. The largest absolute Gasteiger partial charge is 0.287 e. The van der Waals surface area contributed by atoms with Gasteiger partial charge in [0.25, 0.3) is 0 Å². The Hall–Kier alpha value is -1.16. The molecule has 0 amide bonds. The van der Waals surface area contributed by atoms with Gasteiger partial charge in [0.15, 0.2) is 5.82 Å². The van der Waals surface area contributed by atoms with E-state index in [1.807, 2.05) is 23.7 Å². The van der Waals surface area contributed by atoms with Crippen molar-refractivity contribution < 1.29 is 0 Å². The number of hydrogen-bond donors (Lipinski definition) is 0. The van der Waals surface area contributed by atoms with Gasteiger partial charge in [-0.25, -0.2) is 9.97 Å². The summed E-state index contributed by atoms with van der Waals surface area (Å²) < 4.78 is 2.09. The average Bonchev–Trinajstić information content (AvgIpc) is 2.70. The monoisotopic (exact) mass is 205 g/mol. The molecule has 1 aliphatic rings. The first kappa shape index (κ1) is 8.17. The smallest absolute Gasteiger partial charge is 0.153 e. The molecule has 0 bridgehead atoms. The molecular weight excluding hydrogens is 194 g/mol. The van der Waals surface area contributed by atoms with Crippen molar-refractivity contribution in [3.8, 4) is 5.82 Å². The van der Waals surface area contributed by atoms with E-state index in [0.29, 0.717) is 5.92 Å². The fourth-order valence-corrected chi connectivity index (χ4v) is 2.77. The maximum absolute atomic E-state index is 4.65. The summed E-state index contributed by atoms with van der Waals surface area (Å²) in [6, 6.07) is 0. The molecular formula is C10H11N3S. The van der Waals surface area contributed by atoms with Gasteiger partial charge in [0, 0.05) is 24.7 Å². The first-order valence-electron chi connectivity index (χ1n) is 4.78. The predicted molar refractivity (Wildman–Crippen MR) is 56.1 cm³/mol. The maximum Gasteiger partial charge on any atom is 0.153 e. The first-order valence-corrected chi connectivity index (χ1v) is 5.59. The minimum atomic E-state index is 0.526. The Morgan fingerprint density at radius 2 is 2.36 bits per heavy atom. The van der Waals surface area contributed by atoms with E-state index in [9.17, 15) is 0 Å². The van der Waals surface area contributed by atoms with Gasteiger partial charge in [-0.2, -0.15) is 0 Å². The SMILES string of the molecule is CC(C)c1nc2c(s1)Cc1nccn1-2. The third-order valence-corrected chi connectivity index (χ3v) is 3.80. The van der Waals surface area contributed by atoms with Gasteiger partial charge in [0.1, 0.15) is 5.82 Å². The molecule has 2 aromatic rings. The van der Waals surface area contributed by atoms with E-state index in [2.05, 4.69) is 28.4 Å². The molecule has 14 heavy (non-hydrogen) atoms. The highest BCUT2D eigenvalue weighted by Gasteiger charge is 2.23. The Kier molecular flexibility index (Phi) is 1.56. The Morgan fingerprint density at radius 3 is 3.14 bits per heavy atom. The van der Waals surface area contributed by atoms with Gasteiger partial charge >= 0.3 is 0 Å². The Morgan fingerprint density at radius 1 is 1.50 bits per heavy atom. The van der Waals surface area contributed by atoms with Gasteiger partial charge in [-0.05, 0) is 0 Å². The van der Waals surface area contributed by atoms with Crippen LogP contribution in [0.5, 0.6) is 0 Å². The summed E-state index contributed by atoms with van der Waals surface area (Å²) in [6.07, 6.45) is 4.78. The summed E-state index contributed by atoms with van der Waals surface area (Å²) in [4.78, 5) is 10.3. The molecule has 0 unspecified atom stereocenters. The van der Waals surface area contributed by atoms with Gasteiger partial charge in [0.05, 0.1) is 9.88 Å². The molecule has 0 saturated carbocycles. The summed E-state index contributed by atoms with van der Waals surface area (Å²) in [7, 11) is 0. The summed E-state index contributed by atoms with van der Waals surface area (Å²) >= 11 is 1.82. The Labute approximate surface area is 86.4 Å². The molecule has 1 aliphatic heterocycles. The second-order valence-electron chi connectivity index (χ2n) is 3.84. The van der Waals surface area contributed by atoms with E-state index >= 15 is 0 Å². The lowest BCUT2D eigenvalue weighted by atomic mass is 10.2. The summed E-state index contributed by atoms with van der Waals surface area (Å²) in [6.45, 7) is 4.37. The van der Waals surface area contributed by atoms with Crippen molar-refractivity contribution in [1.29, 1.82) is 0 Å². The van der Waals surface area contributed by atoms with Gasteiger partial charge in [-0.1, -0.05) is 13.8 Å². The van der Waals surface area contributed by atoms with E-state index < -0.39 is 0 Å². The molecule has 0 N–H and O–H groups in total. The normalized spacial score (nSPS) is 13.4. The van der Waals surface area contributed by atoms with Gasteiger partial charge in [-0.15, -0.1) is 11.3 Å². The highest BCUT2D eigenvalue weighted by Crippen LogP contribution is 2.33. The highest BCUT2D eigenvalue weighted by molar-refractivity contribution is 7.12. The Balaban J connectivity index is 2.15. The van der Waals surface area contributed by atoms with Crippen LogP contribution in [-0.2, 0) is 6.42 Å². The van der Waals surface area contributed by atoms with Crippen molar-refractivity contribution in [3.05, 3.63) is 28.1 Å². The first-order chi connectivity index (χ1) is 6.75. The molecule has 3 heterocycles. The molecule has 0 fully saturated rings. The number of thiazole rings is 1. The highest BCUT2D eigenvalue weighted by atomic mass is 32.1. The second kappa shape index (κ2) is 2.67. The average molecular weight is 205 g/mol. The molecule has 4 heteroatoms. The number of fused-ring (bicyclic) bond motifs is 3. The van der Waals surface area contributed by atoms with E-state index in [-0.39, 0.29) is 0 Å². The zero-order valence-electron chi connectivity index (χ0n) is 8.19. The van der Waals surface area contributed by atoms with E-state index in [0.717, 1.165) is 18.1 Å². The molecule has 0 aliphatic carbocycles. The molecule has 0 atom stereocenters. The third kappa shape index (κ3) is 0.973. The van der Waals surface area contributed by atoms with Crippen molar-refractivity contribution in [3.63, 3.8) is 0 Å². The maximum atomic E-state index is 4.65. The van der Waals surface area contributed by atoms with Crippen LogP contribution in [0, 0.1) is 0 Å². The molecule has 0 saturated heterocycles. The van der Waals surface area contributed by atoms with Crippen molar-refractivity contribution in [2.24, 2.45) is 0 Å². The van der Waals surface area contributed by atoms with E-state index in [4.69, 9.17) is 0 Å². The standard InChI is InChI=1S/C10H11N3S/c1-6(2)10-12-9-7(14-10)5-8-11-3-4-13(8)9/h3-4,6H,5H2,1-2H3. The van der Waals surface area contributed by atoms with E-state index in [1.54, 1.807) is 0 Å². The van der Waals surface area contributed by atoms with Gasteiger partial charge < -0.3 is 0 Å². The number of nitrogens with zero attached hydrogens (tertiary/aromatic N) is 3. The van der Waals surface area contributed by atoms with Crippen LogP contribution in [0.3, 0.4) is 0 Å². The van der Waals surface area contributed by atoms with Crippen molar-refractivity contribution in [1.82, 2.24) is 14.5 Å². The molecule has 3 rings (SSSR count). The molecule has 3 nitrogen and oxygen atoms in total. The number of imidazole rings is 1. The zero-order chi connectivity index (χ0) is 9.71. The van der Waals surface area contributed by atoms with Crippen LogP contribution < -0.4 is 0 Å². The lowest BCUT2D eigenvalue weighted by Gasteiger charge is -1.98. The van der Waals surface area contributed by atoms with Crippen LogP contribution in [0.1, 0.15) is 35.5 Å². The third-order valence-electron chi connectivity index (χ3n) is 2.45. The van der Waals surface area contributed by atoms with Crippen molar-refractivity contribution in [2.45, 2.75) is 26.2 Å². The predicted octanol–water partition coefficient (Wildman–Crippen LogP) is 2.36. The topological polar surface area (TPSA) is 30.7 Å². The lowest BCUT2D eigenvalue weighted by Crippen LogP contribution is -1.93. The lowest BCUT2D eigenvalue weighted by molar-refractivity contribution is 0.840. The number of rotatable bonds is 1. The number of aromatic nitrogens is 3. The van der Waals surface area contributed by atoms with Gasteiger partial charge in [-0.3, -0.25) is 4.57 Å². The zero-order valence-corrected chi connectivity index (χ0v) is 9.01. The van der Waals surface area contributed by atoms with Crippen LogP contribution in [0.4, 0.5) is 0 Å². The quantitative estimate of drug-likeness (QED) is 0.610. The number of hydrogen-bond acceptors (Lipinski definition) is 3. The fourth-order valence-electron chi connectivity index (χ4n) is 1.71. The van der Waals surface area contributed by atoms with Crippen LogP contribution in [0.25, 0.3) is 5.82 Å². The summed E-state index contributed by atoms with van der Waals surface area (Å²) in [5.41, 5.74) is 0. The van der Waals surface area contributed by atoms with E-state index in [1.165, 1.54) is 9.88 Å². The van der Waals surface area contributed by atoms with Gasteiger partial charge in [0.2, 0.25) is 0 Å². The van der Waals surface area contributed by atoms with Crippen LogP contribution in [0.2, 0.25) is 0 Å². The second-order valence-corrected chi connectivity index (χ2v) is 4.96. The minimum Gasteiger partial charge on any atom is -0.287 e. The molecule has 72 valence electrons. The van der Waals surface area contributed by atoms with Crippen molar-refractivity contribution >= 4 is 11.3 Å². The molecule has 0 aromatic carbocycles. The molecule has 2 aromatic heterocycles. The minimum absolute atomic E-state index is 0.526. The molecule has 0 spiro atoms. The van der Waals surface area contributed by atoms with Crippen LogP contribution >= 0.6 is 11.3 Å². The summed E-state index contributed by atoms with van der Waals surface area (Å²) in [5, 5.41) is 1.23. The van der Waals surface area contributed by atoms with Crippen LogP contribution in [0.15, 0.2) is 12.4 Å². The Bertz CT molecular complexity index is 481. The molecule has 0 radical (unpaired) electrons. The summed E-state index contributed by atoms with van der Waals surface area (Å²) in [5.74, 6) is 2.75. The van der Waals surface area contributed by atoms with Crippen molar-refractivity contribution in [2.75, 3.05) is 0 Å².